The van der Waals surface area contributed by atoms with Crippen molar-refractivity contribution in [2.45, 2.75) is 49.6 Å². The molecule has 3 aromatic rings. The van der Waals surface area contributed by atoms with Crippen LogP contribution in [0.5, 0.6) is 5.75 Å². The number of nitrogens with zero attached hydrogens (tertiary/aromatic N) is 2. The minimum atomic E-state index is -4.31. The minimum absolute atomic E-state index is 0.00601. The van der Waals surface area contributed by atoms with E-state index in [1.54, 1.807) is 19.9 Å². The number of aromatic amines is 1. The van der Waals surface area contributed by atoms with E-state index < -0.39 is 49.9 Å². The summed E-state index contributed by atoms with van der Waals surface area (Å²) in [6.07, 6.45) is 0.691. The van der Waals surface area contributed by atoms with Crippen molar-refractivity contribution in [3.8, 4) is 5.75 Å². The van der Waals surface area contributed by atoms with Gasteiger partial charge in [0.25, 0.3) is 11.8 Å². The van der Waals surface area contributed by atoms with Crippen molar-refractivity contribution in [1.82, 2.24) is 14.5 Å². The molecule has 1 aromatic heterocycles. The van der Waals surface area contributed by atoms with E-state index in [2.05, 4.69) is 20.8 Å². The smallest absolute Gasteiger partial charge is 0.258 e. The molecule has 41 heavy (non-hydrogen) atoms. The minimum Gasteiger partial charge on any atom is -0.497 e. The average Bonchev–Trinajstić information content (AvgIpc) is 3.59. The molecule has 0 saturated carbocycles. The lowest BCUT2D eigenvalue weighted by Gasteiger charge is -2.36. The van der Waals surface area contributed by atoms with Crippen LogP contribution in [-0.4, -0.2) is 61.1 Å². The van der Waals surface area contributed by atoms with Crippen molar-refractivity contribution in [2.75, 3.05) is 30.9 Å². The number of methoxy groups -OCH3 is 1. The Morgan fingerprint density at radius 2 is 1.88 bits per heavy atom. The summed E-state index contributed by atoms with van der Waals surface area (Å²) in [6, 6.07) is 6.67. The number of carbonyl (C=O) groups excluding carboxylic acids is 2. The van der Waals surface area contributed by atoms with E-state index in [9.17, 15) is 26.8 Å². The van der Waals surface area contributed by atoms with Gasteiger partial charge in [0.2, 0.25) is 10.0 Å². The maximum atomic E-state index is 13.9. The second-order valence-corrected chi connectivity index (χ2v) is 12.5. The molecule has 3 heterocycles. The van der Waals surface area contributed by atoms with Crippen LogP contribution in [0.15, 0.2) is 41.3 Å². The molecule has 0 spiro atoms. The number of hydrogen-bond donors (Lipinski definition) is 3. The van der Waals surface area contributed by atoms with Gasteiger partial charge in [-0.15, -0.1) is 0 Å². The molecule has 1 fully saturated rings. The zero-order chi connectivity index (χ0) is 29.5. The lowest BCUT2D eigenvalue weighted by molar-refractivity contribution is -0.124. The number of halogens is 2. The molecule has 3 N–H and O–H groups in total. The number of amides is 2. The summed E-state index contributed by atoms with van der Waals surface area (Å²) >= 11 is 0. The monoisotopic (exact) mass is 589 g/mol. The maximum absolute atomic E-state index is 13.9. The Balaban J connectivity index is 1.44. The summed E-state index contributed by atoms with van der Waals surface area (Å²) < 4.78 is 66.3. The zero-order valence-electron chi connectivity index (χ0n) is 22.6. The molecule has 0 radical (unpaired) electrons. The van der Waals surface area contributed by atoms with Gasteiger partial charge in [0.1, 0.15) is 23.5 Å². The van der Waals surface area contributed by atoms with Gasteiger partial charge in [-0.25, -0.2) is 17.2 Å². The van der Waals surface area contributed by atoms with E-state index in [0.717, 1.165) is 22.9 Å². The third-order valence-corrected chi connectivity index (χ3v) is 8.88. The van der Waals surface area contributed by atoms with Gasteiger partial charge in [0.15, 0.2) is 5.82 Å². The van der Waals surface area contributed by atoms with Crippen LogP contribution in [0.1, 0.15) is 48.3 Å². The molecule has 2 aliphatic rings. The largest absolute Gasteiger partial charge is 0.497 e. The van der Waals surface area contributed by atoms with Gasteiger partial charge in [-0.3, -0.25) is 14.7 Å². The predicted octanol–water partition coefficient (Wildman–Crippen LogP) is 3.55. The summed E-state index contributed by atoms with van der Waals surface area (Å²) in [5.74, 6) is -2.54. The number of sulfonamides is 1. The number of carbonyl (C=O) groups is 2. The fourth-order valence-electron chi connectivity index (χ4n) is 5.06. The summed E-state index contributed by atoms with van der Waals surface area (Å²) in [4.78, 5) is 25.7. The Kier molecular flexibility index (Phi) is 7.57. The average molecular weight is 590 g/mol. The fourth-order valence-corrected chi connectivity index (χ4v) is 6.67. The van der Waals surface area contributed by atoms with Crippen molar-refractivity contribution in [1.29, 1.82) is 0 Å². The molecular weight excluding hydrogens is 560 g/mol. The molecule has 11 nitrogen and oxygen atoms in total. The number of nitrogens with one attached hydrogen (secondary N) is 3. The van der Waals surface area contributed by atoms with Gasteiger partial charge in [0, 0.05) is 48.5 Å². The Morgan fingerprint density at radius 1 is 1.15 bits per heavy atom. The van der Waals surface area contributed by atoms with Crippen molar-refractivity contribution in [3.05, 3.63) is 64.9 Å². The number of anilines is 2. The van der Waals surface area contributed by atoms with Gasteiger partial charge >= 0.3 is 0 Å². The molecule has 218 valence electrons. The fraction of sp³-hybridized carbons (Fsp3) is 0.370. The quantitative estimate of drug-likeness (QED) is 0.383. The first-order valence-corrected chi connectivity index (χ1v) is 14.3. The van der Waals surface area contributed by atoms with Gasteiger partial charge in [0.05, 0.1) is 23.3 Å². The molecular formula is C27H29F2N5O6S. The number of fused-ring (bicyclic) bond motifs is 1. The van der Waals surface area contributed by atoms with Crippen LogP contribution >= 0.6 is 0 Å². The molecule has 14 heteroatoms. The van der Waals surface area contributed by atoms with Crippen molar-refractivity contribution in [2.24, 2.45) is 0 Å². The Morgan fingerprint density at radius 3 is 2.54 bits per heavy atom. The van der Waals surface area contributed by atoms with Crippen LogP contribution in [0.25, 0.3) is 0 Å². The van der Waals surface area contributed by atoms with Crippen molar-refractivity contribution < 1.29 is 36.3 Å². The Labute approximate surface area is 235 Å². The molecule has 0 bridgehead atoms. The summed E-state index contributed by atoms with van der Waals surface area (Å²) in [5, 5.41) is 12.6. The number of rotatable bonds is 7. The molecule has 0 unspecified atom stereocenters. The number of H-pyrrole nitrogens is 1. The lowest BCUT2D eigenvalue weighted by Crippen LogP contribution is -2.45. The molecule has 2 aromatic carbocycles. The third kappa shape index (κ3) is 5.67. The SMILES string of the molecule is COc1ccc(C(=O)Nc2n[nH]c3c2CN(S(=O)(=O)c2cc(F)cc(F)c2)CC3(C)C)c(NC(=O)[C@@H]2CCCO2)c1. The second kappa shape index (κ2) is 10.8. The van der Waals surface area contributed by atoms with Crippen LogP contribution in [-0.2, 0) is 31.5 Å². The first kappa shape index (κ1) is 28.6. The van der Waals surface area contributed by atoms with Crippen molar-refractivity contribution >= 4 is 33.3 Å². The summed E-state index contributed by atoms with van der Waals surface area (Å²) in [5.41, 5.74) is 0.524. The molecule has 2 amide bonds. The first-order chi connectivity index (χ1) is 19.4. The summed E-state index contributed by atoms with van der Waals surface area (Å²) in [6.45, 7) is 3.83. The highest BCUT2D eigenvalue weighted by Gasteiger charge is 2.41. The van der Waals surface area contributed by atoms with Gasteiger partial charge in [-0.2, -0.15) is 9.40 Å². The number of hydrogen-bond acceptors (Lipinski definition) is 7. The normalized spacial score (nSPS) is 18.5. The number of aromatic nitrogens is 2. The molecule has 2 aliphatic heterocycles. The van der Waals surface area contributed by atoms with Crippen LogP contribution in [0.4, 0.5) is 20.3 Å². The van der Waals surface area contributed by atoms with Crippen LogP contribution in [0.2, 0.25) is 0 Å². The second-order valence-electron chi connectivity index (χ2n) is 10.5. The molecule has 1 atom stereocenters. The Bertz CT molecular complexity index is 1600. The van der Waals surface area contributed by atoms with E-state index >= 15 is 0 Å². The first-order valence-electron chi connectivity index (χ1n) is 12.8. The van der Waals surface area contributed by atoms with Crippen molar-refractivity contribution in [3.63, 3.8) is 0 Å². The van der Waals surface area contributed by atoms with Gasteiger partial charge in [-0.1, -0.05) is 13.8 Å². The number of benzene rings is 2. The highest BCUT2D eigenvalue weighted by Crippen LogP contribution is 2.38. The number of ether oxygens (including phenoxy) is 2. The van der Waals surface area contributed by atoms with E-state index in [0.29, 0.717) is 36.1 Å². The van der Waals surface area contributed by atoms with Gasteiger partial charge in [-0.05, 0) is 37.1 Å². The Hall–Kier alpha value is -3.88. The van der Waals surface area contributed by atoms with E-state index in [1.165, 1.54) is 19.2 Å². The van der Waals surface area contributed by atoms with Crippen LogP contribution in [0.3, 0.4) is 0 Å². The standard InChI is InChI=1S/C27H29F2N5O6S/c1-27(2)14-34(41(37,38)18-10-15(28)9-16(29)11-18)13-20-23(27)32-33-24(20)31-25(35)19-7-6-17(39-3)12-21(19)30-26(36)22-5-4-8-40-22/h6-7,9-12,22H,4-5,8,13-14H2,1-3H3,(H,30,36)(H2,31,32,33,35)/t22-/m0/s1. The van der Waals surface area contributed by atoms with Gasteiger partial charge < -0.3 is 20.1 Å². The highest BCUT2D eigenvalue weighted by atomic mass is 32.2. The lowest BCUT2D eigenvalue weighted by atomic mass is 9.84. The third-order valence-electron chi connectivity index (χ3n) is 7.11. The van der Waals surface area contributed by atoms with Crippen LogP contribution < -0.4 is 15.4 Å². The predicted molar refractivity (Wildman–Crippen MR) is 144 cm³/mol. The topological polar surface area (TPSA) is 143 Å². The van der Waals surface area contributed by atoms with E-state index in [4.69, 9.17) is 9.47 Å². The summed E-state index contributed by atoms with van der Waals surface area (Å²) in [7, 11) is -2.85. The van der Waals surface area contributed by atoms with E-state index in [1.807, 2.05) is 0 Å². The zero-order valence-corrected chi connectivity index (χ0v) is 23.4. The molecule has 5 rings (SSSR count). The molecule has 0 aliphatic carbocycles. The van der Waals surface area contributed by atoms with E-state index in [-0.39, 0.29) is 30.2 Å². The maximum Gasteiger partial charge on any atom is 0.258 e. The molecule has 1 saturated heterocycles. The highest BCUT2D eigenvalue weighted by molar-refractivity contribution is 7.89. The van der Waals surface area contributed by atoms with Crippen LogP contribution in [0, 0.1) is 11.6 Å².